The minimum absolute atomic E-state index is 0.333. The lowest BCUT2D eigenvalue weighted by molar-refractivity contribution is 0.304. The summed E-state index contributed by atoms with van der Waals surface area (Å²) in [6.45, 7) is 19.2. The van der Waals surface area contributed by atoms with Gasteiger partial charge in [0.2, 0.25) is 0 Å². The number of hydrogen-bond acceptors (Lipinski definition) is 0. The number of rotatable bonds is 3. The monoisotopic (exact) mass is 314 g/mol. The van der Waals surface area contributed by atoms with Crippen molar-refractivity contribution in [2.75, 3.05) is 0 Å². The summed E-state index contributed by atoms with van der Waals surface area (Å²) in [5.74, 6) is 0.519. The third-order valence-electron chi connectivity index (χ3n) is 6.21. The number of allylic oxidation sites excluding steroid dienone is 6. The van der Waals surface area contributed by atoms with Gasteiger partial charge < -0.3 is 0 Å². The molecule has 23 heavy (non-hydrogen) atoms. The molecule has 0 spiro atoms. The SMILES string of the molecule is CC(C)=CC(C1=C(C)CCCC1(C)C)C1=C(C)CCCC1(C)C. The molecule has 0 atom stereocenters. The van der Waals surface area contributed by atoms with E-state index in [2.05, 4.69) is 61.5 Å². The first kappa shape index (κ1) is 18.6. The molecule has 0 aliphatic heterocycles. The molecule has 0 aromatic carbocycles. The Labute approximate surface area is 145 Å². The van der Waals surface area contributed by atoms with E-state index in [1.807, 2.05) is 0 Å². The van der Waals surface area contributed by atoms with Gasteiger partial charge in [0.15, 0.2) is 0 Å². The Morgan fingerprint density at radius 1 is 0.826 bits per heavy atom. The van der Waals surface area contributed by atoms with Gasteiger partial charge in [0.25, 0.3) is 0 Å². The molecule has 0 nitrogen and oxygen atoms in total. The number of hydrogen-bond donors (Lipinski definition) is 0. The lowest BCUT2D eigenvalue weighted by Crippen LogP contribution is -2.32. The lowest BCUT2D eigenvalue weighted by Gasteiger charge is -2.45. The van der Waals surface area contributed by atoms with Crippen LogP contribution in [-0.2, 0) is 0 Å². The maximum atomic E-state index is 2.57. The van der Waals surface area contributed by atoms with Crippen molar-refractivity contribution in [1.29, 1.82) is 0 Å². The third-order valence-corrected chi connectivity index (χ3v) is 6.21. The van der Waals surface area contributed by atoms with E-state index in [4.69, 9.17) is 0 Å². The molecule has 0 amide bonds. The van der Waals surface area contributed by atoms with Crippen molar-refractivity contribution >= 4 is 0 Å². The first-order chi connectivity index (χ1) is 10.6. The van der Waals surface area contributed by atoms with Crippen molar-refractivity contribution in [3.63, 3.8) is 0 Å². The van der Waals surface area contributed by atoms with Gasteiger partial charge in [0, 0.05) is 5.92 Å². The highest BCUT2D eigenvalue weighted by Gasteiger charge is 2.39. The van der Waals surface area contributed by atoms with Crippen molar-refractivity contribution in [3.8, 4) is 0 Å². The van der Waals surface area contributed by atoms with E-state index in [9.17, 15) is 0 Å². The molecule has 0 fully saturated rings. The smallest absolute Gasteiger partial charge is 0.0205 e. The molecular weight excluding hydrogens is 276 g/mol. The van der Waals surface area contributed by atoms with Crippen molar-refractivity contribution < 1.29 is 0 Å². The van der Waals surface area contributed by atoms with Gasteiger partial charge in [-0.1, -0.05) is 61.6 Å². The normalized spacial score (nSPS) is 24.2. The maximum absolute atomic E-state index is 2.57. The van der Waals surface area contributed by atoms with Gasteiger partial charge in [-0.2, -0.15) is 0 Å². The average molecular weight is 315 g/mol. The lowest BCUT2D eigenvalue weighted by atomic mass is 9.60. The molecule has 0 saturated carbocycles. The fourth-order valence-electron chi connectivity index (χ4n) is 5.30. The van der Waals surface area contributed by atoms with Gasteiger partial charge in [0.05, 0.1) is 0 Å². The fraction of sp³-hybridized carbons (Fsp3) is 0.739. The van der Waals surface area contributed by atoms with Gasteiger partial charge in [-0.15, -0.1) is 0 Å². The second-order valence-corrected chi connectivity index (χ2v) is 9.58. The van der Waals surface area contributed by atoms with Crippen molar-refractivity contribution in [3.05, 3.63) is 33.9 Å². The van der Waals surface area contributed by atoms with E-state index < -0.39 is 0 Å². The molecule has 2 rings (SSSR count). The van der Waals surface area contributed by atoms with E-state index in [-0.39, 0.29) is 0 Å². The minimum Gasteiger partial charge on any atom is -0.0795 e. The molecule has 2 aliphatic rings. The molecule has 0 heteroatoms. The minimum atomic E-state index is 0.333. The zero-order chi connectivity index (χ0) is 17.4. The molecule has 0 bridgehead atoms. The summed E-state index contributed by atoms with van der Waals surface area (Å²) in [5, 5.41) is 0. The van der Waals surface area contributed by atoms with Crippen molar-refractivity contribution in [2.24, 2.45) is 16.7 Å². The standard InChI is InChI=1S/C23H38/c1-16(2)15-19(20-17(3)11-9-13-22(20,5)6)21-18(4)12-10-14-23(21,7)8/h15,19H,9-14H2,1-8H3. The zero-order valence-corrected chi connectivity index (χ0v) is 16.9. The summed E-state index contributed by atoms with van der Waals surface area (Å²) in [6.07, 6.45) is 10.5. The van der Waals surface area contributed by atoms with Crippen molar-refractivity contribution in [1.82, 2.24) is 0 Å². The first-order valence-corrected chi connectivity index (χ1v) is 9.61. The molecule has 0 N–H and O–H groups in total. The molecular formula is C23H38. The maximum Gasteiger partial charge on any atom is 0.0205 e. The third kappa shape index (κ3) is 3.83. The highest BCUT2D eigenvalue weighted by molar-refractivity contribution is 5.41. The van der Waals surface area contributed by atoms with Crippen LogP contribution >= 0.6 is 0 Å². The predicted octanol–water partition coefficient (Wildman–Crippen LogP) is 7.62. The molecule has 0 radical (unpaired) electrons. The van der Waals surface area contributed by atoms with Gasteiger partial charge in [-0.25, -0.2) is 0 Å². The van der Waals surface area contributed by atoms with Gasteiger partial charge >= 0.3 is 0 Å². The van der Waals surface area contributed by atoms with E-state index in [0.29, 0.717) is 16.7 Å². The van der Waals surface area contributed by atoms with Crippen LogP contribution in [0.25, 0.3) is 0 Å². The van der Waals surface area contributed by atoms with E-state index >= 15 is 0 Å². The highest BCUT2D eigenvalue weighted by atomic mass is 14.4. The average Bonchev–Trinajstić information content (AvgIpc) is 2.35. The Morgan fingerprint density at radius 2 is 1.22 bits per heavy atom. The van der Waals surface area contributed by atoms with Crippen LogP contribution in [0.4, 0.5) is 0 Å². The topological polar surface area (TPSA) is 0 Å². The Kier molecular flexibility index (Phi) is 5.34. The summed E-state index contributed by atoms with van der Waals surface area (Å²) >= 11 is 0. The molecule has 2 aliphatic carbocycles. The van der Waals surface area contributed by atoms with E-state index in [1.165, 1.54) is 44.1 Å². The highest BCUT2D eigenvalue weighted by Crippen LogP contribution is 2.53. The summed E-state index contributed by atoms with van der Waals surface area (Å²) in [5.41, 5.74) is 8.90. The molecule has 0 unspecified atom stereocenters. The summed E-state index contributed by atoms with van der Waals surface area (Å²) in [7, 11) is 0. The van der Waals surface area contributed by atoms with Crippen LogP contribution in [0.1, 0.15) is 93.9 Å². The van der Waals surface area contributed by atoms with E-state index in [1.54, 1.807) is 22.3 Å². The second kappa shape index (κ2) is 6.61. The van der Waals surface area contributed by atoms with Gasteiger partial charge in [-0.3, -0.25) is 0 Å². The Balaban J connectivity index is 2.65. The van der Waals surface area contributed by atoms with Crippen LogP contribution in [0.15, 0.2) is 33.9 Å². The fourth-order valence-corrected chi connectivity index (χ4v) is 5.30. The summed E-state index contributed by atoms with van der Waals surface area (Å²) in [4.78, 5) is 0. The first-order valence-electron chi connectivity index (χ1n) is 9.61. The summed E-state index contributed by atoms with van der Waals surface area (Å²) in [6, 6.07) is 0. The van der Waals surface area contributed by atoms with Crippen LogP contribution < -0.4 is 0 Å². The zero-order valence-electron chi connectivity index (χ0n) is 16.9. The Bertz CT molecular complexity index is 503. The molecule has 0 aromatic heterocycles. The van der Waals surface area contributed by atoms with Crippen LogP contribution in [0, 0.1) is 16.7 Å². The molecule has 0 aromatic rings. The molecule has 130 valence electrons. The van der Waals surface area contributed by atoms with Crippen LogP contribution in [-0.4, -0.2) is 0 Å². The summed E-state index contributed by atoms with van der Waals surface area (Å²) < 4.78 is 0. The van der Waals surface area contributed by atoms with Crippen LogP contribution in [0.3, 0.4) is 0 Å². The van der Waals surface area contributed by atoms with Crippen molar-refractivity contribution in [2.45, 2.75) is 93.9 Å². The van der Waals surface area contributed by atoms with Gasteiger partial charge in [0.1, 0.15) is 0 Å². The van der Waals surface area contributed by atoms with Crippen LogP contribution in [0.2, 0.25) is 0 Å². The quantitative estimate of drug-likeness (QED) is 0.470. The van der Waals surface area contributed by atoms with Crippen LogP contribution in [0.5, 0.6) is 0 Å². The molecule has 0 saturated heterocycles. The predicted molar refractivity (Wildman–Crippen MR) is 104 cm³/mol. The Morgan fingerprint density at radius 3 is 1.52 bits per heavy atom. The van der Waals surface area contributed by atoms with Gasteiger partial charge in [-0.05, 0) is 77.0 Å². The largest absolute Gasteiger partial charge is 0.0795 e. The Hall–Kier alpha value is -0.780. The molecule has 0 heterocycles. The second-order valence-electron chi connectivity index (χ2n) is 9.58. The van der Waals surface area contributed by atoms with E-state index in [0.717, 1.165) is 0 Å².